The molecule has 0 atom stereocenters. The van der Waals surface area contributed by atoms with Crippen molar-refractivity contribution >= 4 is 23.2 Å². The molecule has 2 aromatic rings. The highest BCUT2D eigenvalue weighted by Crippen LogP contribution is 2.29. The molecule has 1 amide bonds. The molecule has 0 saturated carbocycles. The summed E-state index contributed by atoms with van der Waals surface area (Å²) < 4.78 is 0. The van der Waals surface area contributed by atoms with Crippen LogP contribution in [0.1, 0.15) is 11.1 Å². The summed E-state index contributed by atoms with van der Waals surface area (Å²) in [4.78, 5) is 12.3. The minimum atomic E-state index is -0.0417. The summed E-state index contributed by atoms with van der Waals surface area (Å²) in [5, 5.41) is 12.4. The SMILES string of the molecule is O=C(Nc1ccc(O)c(Cl)c1)C1Cc2ccccc2C1. The van der Waals surface area contributed by atoms with Gasteiger partial charge in [0, 0.05) is 11.6 Å². The van der Waals surface area contributed by atoms with Gasteiger partial charge in [-0.05, 0) is 42.2 Å². The van der Waals surface area contributed by atoms with E-state index in [1.54, 1.807) is 12.1 Å². The first-order chi connectivity index (χ1) is 9.63. The Morgan fingerprint density at radius 2 is 1.80 bits per heavy atom. The molecule has 0 fully saturated rings. The van der Waals surface area contributed by atoms with E-state index < -0.39 is 0 Å². The van der Waals surface area contributed by atoms with Crippen LogP contribution in [-0.4, -0.2) is 11.0 Å². The predicted molar refractivity (Wildman–Crippen MR) is 79.1 cm³/mol. The van der Waals surface area contributed by atoms with Crippen LogP contribution in [0.2, 0.25) is 5.02 Å². The highest BCUT2D eigenvalue weighted by atomic mass is 35.5. The number of carbonyl (C=O) groups excluding carboxylic acids is 1. The summed E-state index contributed by atoms with van der Waals surface area (Å²) in [6.07, 6.45) is 1.54. The molecule has 0 aliphatic heterocycles. The van der Waals surface area contributed by atoms with Crippen LogP contribution >= 0.6 is 11.6 Å². The van der Waals surface area contributed by atoms with E-state index in [4.69, 9.17) is 11.6 Å². The number of phenols is 1. The molecule has 3 nitrogen and oxygen atoms in total. The number of benzene rings is 2. The van der Waals surface area contributed by atoms with Crippen LogP contribution in [0.3, 0.4) is 0 Å². The van der Waals surface area contributed by atoms with E-state index in [0.717, 1.165) is 12.8 Å². The van der Waals surface area contributed by atoms with Gasteiger partial charge in [-0.25, -0.2) is 0 Å². The van der Waals surface area contributed by atoms with E-state index in [1.165, 1.54) is 17.2 Å². The lowest BCUT2D eigenvalue weighted by Crippen LogP contribution is -2.23. The maximum atomic E-state index is 12.3. The second-order valence-corrected chi connectivity index (χ2v) is 5.44. The monoisotopic (exact) mass is 287 g/mol. The molecular weight excluding hydrogens is 274 g/mol. The minimum Gasteiger partial charge on any atom is -0.506 e. The smallest absolute Gasteiger partial charge is 0.228 e. The fraction of sp³-hybridized carbons (Fsp3) is 0.188. The molecule has 4 heteroatoms. The molecule has 0 saturated heterocycles. The highest BCUT2D eigenvalue weighted by molar-refractivity contribution is 6.32. The molecule has 1 aliphatic rings. The topological polar surface area (TPSA) is 49.3 Å². The summed E-state index contributed by atoms with van der Waals surface area (Å²) >= 11 is 5.83. The van der Waals surface area contributed by atoms with Crippen LogP contribution in [0, 0.1) is 5.92 Å². The Labute approximate surface area is 122 Å². The average molecular weight is 288 g/mol. The molecule has 0 heterocycles. The molecule has 2 N–H and O–H groups in total. The Bertz CT molecular complexity index is 644. The van der Waals surface area contributed by atoms with Crippen LogP contribution in [-0.2, 0) is 17.6 Å². The number of carbonyl (C=O) groups is 1. The Morgan fingerprint density at radius 3 is 2.40 bits per heavy atom. The van der Waals surface area contributed by atoms with Crippen molar-refractivity contribution in [3.63, 3.8) is 0 Å². The molecule has 0 unspecified atom stereocenters. The number of fused-ring (bicyclic) bond motifs is 1. The second kappa shape index (κ2) is 5.17. The van der Waals surface area contributed by atoms with Crippen LogP contribution < -0.4 is 5.32 Å². The van der Waals surface area contributed by atoms with Gasteiger partial charge in [-0.15, -0.1) is 0 Å². The van der Waals surface area contributed by atoms with Gasteiger partial charge in [0.15, 0.2) is 0 Å². The van der Waals surface area contributed by atoms with E-state index >= 15 is 0 Å². The Hall–Kier alpha value is -2.00. The van der Waals surface area contributed by atoms with Crippen molar-refractivity contribution in [3.8, 4) is 5.75 Å². The first-order valence-corrected chi connectivity index (χ1v) is 6.87. The second-order valence-electron chi connectivity index (χ2n) is 5.03. The van der Waals surface area contributed by atoms with E-state index in [0.29, 0.717) is 5.69 Å². The molecule has 1 aliphatic carbocycles. The number of hydrogen-bond donors (Lipinski definition) is 2. The van der Waals surface area contributed by atoms with E-state index in [2.05, 4.69) is 17.4 Å². The third kappa shape index (κ3) is 2.49. The highest BCUT2D eigenvalue weighted by Gasteiger charge is 2.27. The van der Waals surface area contributed by atoms with Gasteiger partial charge in [0.05, 0.1) is 5.02 Å². The normalized spacial score (nSPS) is 14.1. The van der Waals surface area contributed by atoms with Crippen molar-refractivity contribution in [1.29, 1.82) is 0 Å². The number of hydrogen-bond acceptors (Lipinski definition) is 2. The van der Waals surface area contributed by atoms with Gasteiger partial charge in [0.1, 0.15) is 5.75 Å². The predicted octanol–water partition coefficient (Wildman–Crippen LogP) is 3.40. The zero-order valence-electron chi connectivity index (χ0n) is 10.8. The quantitative estimate of drug-likeness (QED) is 0.832. The van der Waals surface area contributed by atoms with Crippen molar-refractivity contribution in [2.75, 3.05) is 5.32 Å². The van der Waals surface area contributed by atoms with Crippen molar-refractivity contribution < 1.29 is 9.90 Å². The summed E-state index contributed by atoms with van der Waals surface area (Å²) in [6.45, 7) is 0. The van der Waals surface area contributed by atoms with Gasteiger partial charge in [0.25, 0.3) is 0 Å². The summed E-state index contributed by atoms with van der Waals surface area (Å²) in [7, 11) is 0. The lowest BCUT2D eigenvalue weighted by atomic mass is 10.1. The molecule has 102 valence electrons. The van der Waals surface area contributed by atoms with E-state index in [9.17, 15) is 9.90 Å². The van der Waals surface area contributed by atoms with Crippen molar-refractivity contribution in [2.24, 2.45) is 5.92 Å². The molecule has 0 bridgehead atoms. The molecule has 0 spiro atoms. The Morgan fingerprint density at radius 1 is 1.15 bits per heavy atom. The number of amides is 1. The number of halogens is 1. The molecule has 20 heavy (non-hydrogen) atoms. The molecule has 0 aromatic heterocycles. The summed E-state index contributed by atoms with van der Waals surface area (Å²) in [6, 6.07) is 12.8. The minimum absolute atomic E-state index is 0.0112. The fourth-order valence-corrected chi connectivity index (χ4v) is 2.75. The van der Waals surface area contributed by atoms with Gasteiger partial charge in [0.2, 0.25) is 5.91 Å². The van der Waals surface area contributed by atoms with Crippen molar-refractivity contribution in [3.05, 3.63) is 58.6 Å². The molecule has 3 rings (SSSR count). The van der Waals surface area contributed by atoms with Gasteiger partial charge < -0.3 is 10.4 Å². The van der Waals surface area contributed by atoms with Crippen LogP contribution in [0.25, 0.3) is 0 Å². The van der Waals surface area contributed by atoms with E-state index in [1.807, 2.05) is 12.1 Å². The summed E-state index contributed by atoms with van der Waals surface area (Å²) in [5.74, 6) is -0.0409. The van der Waals surface area contributed by atoms with E-state index in [-0.39, 0.29) is 22.6 Å². The number of phenolic OH excluding ortho intramolecular Hbond substituents is 1. The molecule has 2 aromatic carbocycles. The number of nitrogens with one attached hydrogen (secondary N) is 1. The van der Waals surface area contributed by atoms with Gasteiger partial charge >= 0.3 is 0 Å². The standard InChI is InChI=1S/C16H14ClNO2/c17-14-9-13(5-6-15(14)19)18-16(20)12-7-10-3-1-2-4-11(10)8-12/h1-6,9,12,19H,7-8H2,(H,18,20). The maximum absolute atomic E-state index is 12.3. The van der Waals surface area contributed by atoms with Crippen LogP contribution in [0.4, 0.5) is 5.69 Å². The zero-order chi connectivity index (χ0) is 14.1. The Kier molecular flexibility index (Phi) is 3.36. The average Bonchev–Trinajstić information content (AvgIpc) is 2.87. The van der Waals surface area contributed by atoms with Gasteiger partial charge in [-0.1, -0.05) is 35.9 Å². The third-order valence-corrected chi connectivity index (χ3v) is 3.94. The lowest BCUT2D eigenvalue weighted by molar-refractivity contribution is -0.119. The third-order valence-electron chi connectivity index (χ3n) is 3.64. The largest absolute Gasteiger partial charge is 0.506 e. The first-order valence-electron chi connectivity index (χ1n) is 6.49. The lowest BCUT2D eigenvalue weighted by Gasteiger charge is -2.11. The Balaban J connectivity index is 1.71. The number of aromatic hydroxyl groups is 1. The van der Waals surface area contributed by atoms with Crippen molar-refractivity contribution in [2.45, 2.75) is 12.8 Å². The fourth-order valence-electron chi connectivity index (χ4n) is 2.57. The number of anilines is 1. The molecular formula is C16H14ClNO2. The number of rotatable bonds is 2. The van der Waals surface area contributed by atoms with Crippen LogP contribution in [0.5, 0.6) is 5.75 Å². The molecule has 0 radical (unpaired) electrons. The van der Waals surface area contributed by atoms with Crippen molar-refractivity contribution in [1.82, 2.24) is 0 Å². The first kappa shape index (κ1) is 13.0. The van der Waals surface area contributed by atoms with Gasteiger partial charge in [-0.2, -0.15) is 0 Å². The maximum Gasteiger partial charge on any atom is 0.228 e. The zero-order valence-corrected chi connectivity index (χ0v) is 11.5. The summed E-state index contributed by atoms with van der Waals surface area (Å²) in [5.41, 5.74) is 3.10. The van der Waals surface area contributed by atoms with Gasteiger partial charge in [-0.3, -0.25) is 4.79 Å². The van der Waals surface area contributed by atoms with Crippen LogP contribution in [0.15, 0.2) is 42.5 Å².